The molecule has 1 aliphatic heterocycles. The number of hydrogen-bond acceptors (Lipinski definition) is 4. The highest BCUT2D eigenvalue weighted by Crippen LogP contribution is 2.42. The number of halogens is 2. The molecular formula is C23H27Cl2N5O2. The third-order valence-electron chi connectivity index (χ3n) is 6.60. The van der Waals surface area contributed by atoms with Gasteiger partial charge in [0, 0.05) is 41.3 Å². The van der Waals surface area contributed by atoms with Crippen molar-refractivity contribution >= 4 is 40.6 Å². The number of amides is 1. The van der Waals surface area contributed by atoms with E-state index in [4.69, 9.17) is 40.1 Å². The van der Waals surface area contributed by atoms with E-state index in [1.165, 1.54) is 0 Å². The van der Waals surface area contributed by atoms with Crippen LogP contribution >= 0.6 is 23.2 Å². The lowest BCUT2D eigenvalue weighted by molar-refractivity contribution is -0.126. The molecule has 2 unspecified atom stereocenters. The SMILES string of the molecule is N=C(N)c1ccc2c(c1)[N+]([O-])(Cc1c(Cl)cccc1Cl)C(C(=O)NC1CCC(N)CC1)C2. The largest absolute Gasteiger partial charge is 0.627 e. The first kappa shape index (κ1) is 23.0. The maximum atomic E-state index is 14.5. The molecule has 7 nitrogen and oxygen atoms in total. The van der Waals surface area contributed by atoms with Gasteiger partial charge in [-0.05, 0) is 37.8 Å². The number of nitrogens with two attached hydrogens (primary N) is 2. The van der Waals surface area contributed by atoms with Gasteiger partial charge in [0.05, 0.1) is 10.0 Å². The van der Waals surface area contributed by atoms with E-state index in [-0.39, 0.29) is 36.8 Å². The van der Waals surface area contributed by atoms with Crippen molar-refractivity contribution < 1.29 is 4.79 Å². The van der Waals surface area contributed by atoms with Crippen LogP contribution < -0.4 is 21.4 Å². The fourth-order valence-electron chi connectivity index (χ4n) is 4.74. The molecule has 0 spiro atoms. The predicted molar refractivity (Wildman–Crippen MR) is 129 cm³/mol. The first-order chi connectivity index (χ1) is 15.2. The maximum absolute atomic E-state index is 14.5. The molecule has 0 radical (unpaired) electrons. The Hall–Kier alpha value is -2.16. The summed E-state index contributed by atoms with van der Waals surface area (Å²) < 4.78 is -0.933. The molecule has 0 aromatic heterocycles. The minimum atomic E-state index is -0.933. The van der Waals surface area contributed by atoms with E-state index in [1.54, 1.807) is 36.4 Å². The lowest BCUT2D eigenvalue weighted by Crippen LogP contribution is -2.58. The zero-order valence-electron chi connectivity index (χ0n) is 17.6. The smallest absolute Gasteiger partial charge is 0.279 e. The van der Waals surface area contributed by atoms with Crippen LogP contribution in [0, 0.1) is 10.6 Å². The van der Waals surface area contributed by atoms with Gasteiger partial charge in [-0.15, -0.1) is 0 Å². The van der Waals surface area contributed by atoms with Gasteiger partial charge in [-0.2, -0.15) is 0 Å². The fourth-order valence-corrected chi connectivity index (χ4v) is 5.25. The van der Waals surface area contributed by atoms with Gasteiger partial charge in [0.15, 0.2) is 6.04 Å². The van der Waals surface area contributed by atoms with Crippen LogP contribution in [0.1, 0.15) is 42.4 Å². The van der Waals surface area contributed by atoms with Gasteiger partial charge < -0.3 is 26.6 Å². The first-order valence-electron chi connectivity index (χ1n) is 10.7. The molecule has 0 bridgehead atoms. The Morgan fingerprint density at radius 2 is 1.81 bits per heavy atom. The van der Waals surface area contributed by atoms with Gasteiger partial charge in [0.1, 0.15) is 18.1 Å². The Balaban J connectivity index is 1.70. The van der Waals surface area contributed by atoms with Crippen molar-refractivity contribution in [1.29, 1.82) is 5.41 Å². The number of nitrogens with zero attached hydrogens (tertiary/aromatic N) is 1. The van der Waals surface area contributed by atoms with Gasteiger partial charge in [-0.3, -0.25) is 10.2 Å². The number of quaternary nitrogens is 1. The minimum Gasteiger partial charge on any atom is -0.627 e. The van der Waals surface area contributed by atoms with Crippen molar-refractivity contribution in [3.05, 3.63) is 68.3 Å². The molecule has 32 heavy (non-hydrogen) atoms. The summed E-state index contributed by atoms with van der Waals surface area (Å²) in [6.07, 6.45) is 3.60. The normalized spacial score (nSPS) is 27.1. The number of carbonyl (C=O) groups is 1. The van der Waals surface area contributed by atoms with Gasteiger partial charge in [-0.1, -0.05) is 41.4 Å². The number of carbonyl (C=O) groups excluding carboxylic acids is 1. The second kappa shape index (κ2) is 9.00. The number of rotatable bonds is 5. The summed E-state index contributed by atoms with van der Waals surface area (Å²) in [4.78, 5) is 13.4. The monoisotopic (exact) mass is 475 g/mol. The van der Waals surface area contributed by atoms with Crippen LogP contribution in [0.4, 0.5) is 5.69 Å². The average Bonchev–Trinajstić information content (AvgIpc) is 3.05. The molecule has 1 saturated carbocycles. The zero-order chi connectivity index (χ0) is 23.0. The van der Waals surface area contributed by atoms with Crippen LogP contribution in [0.3, 0.4) is 0 Å². The molecule has 6 N–H and O–H groups in total. The summed E-state index contributed by atoms with van der Waals surface area (Å²) in [5, 5.41) is 26.1. The summed E-state index contributed by atoms with van der Waals surface area (Å²) >= 11 is 12.8. The second-order valence-electron chi connectivity index (χ2n) is 8.75. The topological polar surface area (TPSA) is 128 Å². The summed E-state index contributed by atoms with van der Waals surface area (Å²) in [6.45, 7) is -0.0967. The molecular weight excluding hydrogens is 449 g/mol. The molecule has 2 aliphatic rings. The molecule has 9 heteroatoms. The highest BCUT2D eigenvalue weighted by atomic mass is 35.5. The standard InChI is InChI=1S/C23H27Cl2N5O2/c24-18-2-1-3-19(25)17(18)12-30(32)20-11-14(22(27)28)5-4-13(20)10-21(30)23(31)29-16-8-6-15(26)7-9-16/h1-5,11,15-16,21H,6-10,12,26H2,(H3,27,28)(H,29,31). The molecule has 2 aromatic carbocycles. The van der Waals surface area contributed by atoms with E-state index in [1.807, 2.05) is 0 Å². The van der Waals surface area contributed by atoms with E-state index in [9.17, 15) is 10.0 Å². The van der Waals surface area contributed by atoms with Crippen LogP contribution in [0.25, 0.3) is 0 Å². The number of nitrogens with one attached hydrogen (secondary N) is 2. The van der Waals surface area contributed by atoms with Crippen LogP contribution in [0.5, 0.6) is 0 Å². The Labute approximate surface area is 197 Å². The van der Waals surface area contributed by atoms with Gasteiger partial charge in [-0.25, -0.2) is 0 Å². The Morgan fingerprint density at radius 3 is 2.44 bits per heavy atom. The summed E-state index contributed by atoms with van der Waals surface area (Å²) in [5.74, 6) is -0.425. The van der Waals surface area contributed by atoms with Crippen molar-refractivity contribution in [2.75, 3.05) is 0 Å². The number of hydroxylamine groups is 2. The summed E-state index contributed by atoms with van der Waals surface area (Å²) in [7, 11) is 0. The molecule has 170 valence electrons. The zero-order valence-corrected chi connectivity index (χ0v) is 19.1. The van der Waals surface area contributed by atoms with Crippen LogP contribution in [0.15, 0.2) is 36.4 Å². The predicted octanol–water partition coefficient (Wildman–Crippen LogP) is 3.59. The average molecular weight is 476 g/mol. The van der Waals surface area contributed by atoms with Crippen LogP contribution in [-0.2, 0) is 17.8 Å². The lowest BCUT2D eigenvalue weighted by atomic mass is 9.91. The molecule has 1 fully saturated rings. The van der Waals surface area contributed by atoms with E-state index in [2.05, 4.69) is 5.32 Å². The summed E-state index contributed by atoms with van der Waals surface area (Å²) in [6, 6.07) is 9.45. The molecule has 2 aromatic rings. The van der Waals surface area contributed by atoms with Crippen molar-refractivity contribution in [2.45, 2.75) is 56.8 Å². The molecule has 1 heterocycles. The van der Waals surface area contributed by atoms with E-state index >= 15 is 0 Å². The Morgan fingerprint density at radius 1 is 1.16 bits per heavy atom. The van der Waals surface area contributed by atoms with E-state index in [0.717, 1.165) is 31.2 Å². The minimum absolute atomic E-state index is 0.0103. The third-order valence-corrected chi connectivity index (χ3v) is 7.30. The number of fused-ring (bicyclic) bond motifs is 1. The highest BCUT2D eigenvalue weighted by molar-refractivity contribution is 6.36. The van der Waals surface area contributed by atoms with E-state index in [0.29, 0.717) is 26.9 Å². The van der Waals surface area contributed by atoms with Crippen molar-refractivity contribution in [3.63, 3.8) is 0 Å². The number of benzene rings is 2. The number of hydrogen-bond donors (Lipinski definition) is 4. The van der Waals surface area contributed by atoms with Crippen LogP contribution in [0.2, 0.25) is 10.0 Å². The molecule has 2 atom stereocenters. The van der Waals surface area contributed by atoms with E-state index < -0.39 is 10.7 Å². The second-order valence-corrected chi connectivity index (χ2v) is 9.57. The molecule has 1 aliphatic carbocycles. The van der Waals surface area contributed by atoms with Gasteiger partial charge >= 0.3 is 0 Å². The van der Waals surface area contributed by atoms with Crippen LogP contribution in [-0.4, -0.2) is 29.9 Å². The number of nitrogen functional groups attached to an aromatic ring is 1. The Kier molecular flexibility index (Phi) is 6.47. The van der Waals surface area contributed by atoms with Crippen molar-refractivity contribution in [1.82, 2.24) is 9.96 Å². The quantitative estimate of drug-likeness (QED) is 0.228. The lowest BCUT2D eigenvalue weighted by Gasteiger charge is -2.44. The summed E-state index contributed by atoms with van der Waals surface area (Å²) in [5.41, 5.74) is 13.8. The third kappa shape index (κ3) is 4.36. The highest BCUT2D eigenvalue weighted by Gasteiger charge is 2.46. The van der Waals surface area contributed by atoms with Gasteiger partial charge in [0.25, 0.3) is 5.91 Å². The molecule has 0 saturated heterocycles. The number of amidine groups is 1. The molecule has 4 rings (SSSR count). The van der Waals surface area contributed by atoms with Gasteiger partial charge in [0.2, 0.25) is 0 Å². The maximum Gasteiger partial charge on any atom is 0.279 e. The first-order valence-corrected chi connectivity index (χ1v) is 11.5. The Bertz CT molecular complexity index is 1030. The van der Waals surface area contributed by atoms with Crippen molar-refractivity contribution in [2.24, 2.45) is 11.5 Å². The molecule has 1 amide bonds. The fraction of sp³-hybridized carbons (Fsp3) is 0.391. The van der Waals surface area contributed by atoms with Crippen molar-refractivity contribution in [3.8, 4) is 0 Å².